The first-order valence-corrected chi connectivity index (χ1v) is 11.8. The van der Waals surface area contributed by atoms with E-state index in [1.54, 1.807) is 36.5 Å². The number of likely N-dealkylation sites (tertiary alicyclic amines) is 1. The Labute approximate surface area is 199 Å². The second-order valence-corrected chi connectivity index (χ2v) is 8.89. The van der Waals surface area contributed by atoms with Crippen LogP contribution in [0, 0.1) is 0 Å². The third-order valence-electron chi connectivity index (χ3n) is 6.75. The Morgan fingerprint density at radius 3 is 2.65 bits per heavy atom. The van der Waals surface area contributed by atoms with Gasteiger partial charge in [-0.2, -0.15) is 0 Å². The van der Waals surface area contributed by atoms with Gasteiger partial charge in [-0.05, 0) is 37.0 Å². The first-order chi connectivity index (χ1) is 16.5. The van der Waals surface area contributed by atoms with Crippen molar-refractivity contribution >= 4 is 17.7 Å². The lowest BCUT2D eigenvalue weighted by Gasteiger charge is -2.34. The zero-order valence-electron chi connectivity index (χ0n) is 19.5. The number of benzene rings is 1. The maximum atomic E-state index is 13.7. The van der Waals surface area contributed by atoms with Crippen molar-refractivity contribution in [2.45, 2.75) is 43.6 Å². The minimum absolute atomic E-state index is 0.00727. The molecule has 1 aromatic carbocycles. The van der Waals surface area contributed by atoms with Gasteiger partial charge in [-0.3, -0.25) is 24.3 Å². The normalized spacial score (nSPS) is 21.0. The number of carbonyl (C=O) groups is 3. The van der Waals surface area contributed by atoms with Gasteiger partial charge in [0.1, 0.15) is 5.75 Å². The summed E-state index contributed by atoms with van der Waals surface area (Å²) < 4.78 is 11.1. The van der Waals surface area contributed by atoms with Gasteiger partial charge in [0.25, 0.3) is 0 Å². The molecule has 0 spiro atoms. The van der Waals surface area contributed by atoms with Crippen LogP contribution >= 0.6 is 0 Å². The molecule has 2 aromatic rings. The van der Waals surface area contributed by atoms with Crippen LogP contribution in [0.2, 0.25) is 0 Å². The number of aromatic nitrogens is 1. The number of imide groups is 1. The molecule has 2 fully saturated rings. The molecule has 8 nitrogen and oxygen atoms in total. The monoisotopic (exact) mass is 465 g/mol. The van der Waals surface area contributed by atoms with E-state index in [9.17, 15) is 14.4 Å². The summed E-state index contributed by atoms with van der Waals surface area (Å²) in [5.74, 6) is -0.0452. The van der Waals surface area contributed by atoms with E-state index in [0.29, 0.717) is 37.6 Å². The van der Waals surface area contributed by atoms with Crippen molar-refractivity contribution in [3.05, 3.63) is 60.4 Å². The standard InChI is InChI=1S/C26H31N3O5/c1-28(21-10-15-33-16-11-21)23(30)17-26(20-7-3-2-4-8-20)18-24(31)29(25(26)32)13-6-14-34-22-9-5-12-27-19-22/h2-5,7-9,12,19,21H,6,10-11,13-18H2,1H3. The second-order valence-electron chi connectivity index (χ2n) is 8.89. The molecular weight excluding hydrogens is 434 g/mol. The van der Waals surface area contributed by atoms with E-state index in [2.05, 4.69) is 4.98 Å². The van der Waals surface area contributed by atoms with Crippen LogP contribution in [0.5, 0.6) is 5.75 Å². The predicted molar refractivity (Wildman–Crippen MR) is 125 cm³/mol. The van der Waals surface area contributed by atoms with Crippen LogP contribution in [-0.4, -0.2) is 72.0 Å². The van der Waals surface area contributed by atoms with Crippen molar-refractivity contribution in [3.8, 4) is 5.75 Å². The molecule has 180 valence electrons. The number of hydrogen-bond acceptors (Lipinski definition) is 6. The third kappa shape index (κ3) is 5.12. The summed E-state index contributed by atoms with van der Waals surface area (Å²) >= 11 is 0. The second kappa shape index (κ2) is 10.8. The summed E-state index contributed by atoms with van der Waals surface area (Å²) in [6, 6.07) is 12.9. The molecule has 0 bridgehead atoms. The Balaban J connectivity index is 1.47. The van der Waals surface area contributed by atoms with Gasteiger partial charge in [0, 0.05) is 51.9 Å². The van der Waals surface area contributed by atoms with Gasteiger partial charge in [0.05, 0.1) is 18.2 Å². The summed E-state index contributed by atoms with van der Waals surface area (Å²) in [5.41, 5.74) is -0.477. The van der Waals surface area contributed by atoms with Crippen LogP contribution in [-0.2, 0) is 24.5 Å². The molecule has 2 aliphatic rings. The van der Waals surface area contributed by atoms with Crippen molar-refractivity contribution in [2.75, 3.05) is 33.4 Å². The lowest BCUT2D eigenvalue weighted by Crippen LogP contribution is -2.46. The topological polar surface area (TPSA) is 89.0 Å². The fourth-order valence-electron chi connectivity index (χ4n) is 4.75. The van der Waals surface area contributed by atoms with Gasteiger partial charge in [-0.25, -0.2) is 0 Å². The number of hydrogen-bond donors (Lipinski definition) is 0. The van der Waals surface area contributed by atoms with Gasteiger partial charge in [0.2, 0.25) is 17.7 Å². The van der Waals surface area contributed by atoms with Crippen LogP contribution in [0.3, 0.4) is 0 Å². The van der Waals surface area contributed by atoms with Gasteiger partial charge < -0.3 is 14.4 Å². The van der Waals surface area contributed by atoms with E-state index in [1.165, 1.54) is 4.90 Å². The molecule has 1 unspecified atom stereocenters. The molecule has 2 aliphatic heterocycles. The van der Waals surface area contributed by atoms with Crippen LogP contribution in [0.25, 0.3) is 0 Å². The Hall–Kier alpha value is -3.26. The molecule has 3 heterocycles. The zero-order valence-corrected chi connectivity index (χ0v) is 19.5. The minimum atomic E-state index is -1.18. The number of ether oxygens (including phenoxy) is 2. The number of carbonyl (C=O) groups excluding carboxylic acids is 3. The largest absolute Gasteiger partial charge is 0.492 e. The zero-order chi connectivity index (χ0) is 24.0. The highest BCUT2D eigenvalue weighted by Crippen LogP contribution is 2.40. The Kier molecular flexibility index (Phi) is 7.57. The molecule has 0 saturated carbocycles. The molecule has 0 N–H and O–H groups in total. The van der Waals surface area contributed by atoms with Crippen LogP contribution in [0.1, 0.15) is 37.7 Å². The quantitative estimate of drug-likeness (QED) is 0.418. The fourth-order valence-corrected chi connectivity index (χ4v) is 4.75. The average molecular weight is 466 g/mol. The van der Waals surface area contributed by atoms with E-state index >= 15 is 0 Å². The highest BCUT2D eigenvalue weighted by Gasteiger charge is 2.53. The molecule has 3 amide bonds. The summed E-state index contributed by atoms with van der Waals surface area (Å²) in [5, 5.41) is 0. The summed E-state index contributed by atoms with van der Waals surface area (Å²) in [6.45, 7) is 1.85. The number of amides is 3. The maximum absolute atomic E-state index is 13.7. The number of pyridine rings is 1. The van der Waals surface area contributed by atoms with Crippen molar-refractivity contribution in [1.29, 1.82) is 0 Å². The van der Waals surface area contributed by atoms with E-state index in [4.69, 9.17) is 9.47 Å². The lowest BCUT2D eigenvalue weighted by molar-refractivity contribution is -0.143. The van der Waals surface area contributed by atoms with Crippen molar-refractivity contribution in [2.24, 2.45) is 0 Å². The summed E-state index contributed by atoms with van der Waals surface area (Å²) in [4.78, 5) is 47.1. The maximum Gasteiger partial charge on any atom is 0.240 e. The number of rotatable bonds is 9. The molecule has 0 aliphatic carbocycles. The van der Waals surface area contributed by atoms with E-state index in [0.717, 1.165) is 12.8 Å². The smallest absolute Gasteiger partial charge is 0.240 e. The van der Waals surface area contributed by atoms with E-state index in [-0.39, 0.29) is 43.1 Å². The lowest BCUT2D eigenvalue weighted by atomic mass is 9.75. The van der Waals surface area contributed by atoms with Crippen LogP contribution < -0.4 is 4.74 Å². The molecule has 1 aromatic heterocycles. The number of nitrogens with zero attached hydrogens (tertiary/aromatic N) is 3. The van der Waals surface area contributed by atoms with Crippen LogP contribution in [0.15, 0.2) is 54.9 Å². The molecule has 4 rings (SSSR count). The molecule has 34 heavy (non-hydrogen) atoms. The summed E-state index contributed by atoms with van der Waals surface area (Å²) in [7, 11) is 1.78. The first-order valence-electron chi connectivity index (χ1n) is 11.8. The fraction of sp³-hybridized carbons (Fsp3) is 0.462. The molecule has 0 radical (unpaired) electrons. The highest BCUT2D eigenvalue weighted by atomic mass is 16.5. The predicted octanol–water partition coefficient (Wildman–Crippen LogP) is 2.57. The van der Waals surface area contributed by atoms with Crippen molar-refractivity contribution in [1.82, 2.24) is 14.8 Å². The highest BCUT2D eigenvalue weighted by molar-refractivity contribution is 6.10. The van der Waals surface area contributed by atoms with Gasteiger partial charge >= 0.3 is 0 Å². The van der Waals surface area contributed by atoms with Crippen LogP contribution in [0.4, 0.5) is 0 Å². The SMILES string of the molecule is CN(C(=O)CC1(c2ccccc2)CC(=O)N(CCCOc2cccnc2)C1=O)C1CCOCC1. The van der Waals surface area contributed by atoms with Gasteiger partial charge in [-0.15, -0.1) is 0 Å². The third-order valence-corrected chi connectivity index (χ3v) is 6.75. The minimum Gasteiger partial charge on any atom is -0.492 e. The molecule has 2 saturated heterocycles. The van der Waals surface area contributed by atoms with Crippen molar-refractivity contribution < 1.29 is 23.9 Å². The Bertz CT molecular complexity index is 994. The Morgan fingerprint density at radius 1 is 1.18 bits per heavy atom. The molecule has 1 atom stereocenters. The van der Waals surface area contributed by atoms with Gasteiger partial charge in [0.15, 0.2) is 0 Å². The molecular formula is C26H31N3O5. The molecule has 8 heteroatoms. The van der Waals surface area contributed by atoms with Crippen molar-refractivity contribution in [3.63, 3.8) is 0 Å². The first kappa shape index (κ1) is 23.9. The van der Waals surface area contributed by atoms with E-state index in [1.807, 2.05) is 30.3 Å². The summed E-state index contributed by atoms with van der Waals surface area (Å²) in [6.07, 6.45) is 5.29. The Morgan fingerprint density at radius 2 is 1.94 bits per heavy atom. The van der Waals surface area contributed by atoms with E-state index < -0.39 is 5.41 Å². The van der Waals surface area contributed by atoms with Gasteiger partial charge in [-0.1, -0.05) is 30.3 Å². The average Bonchev–Trinajstić information content (AvgIpc) is 3.12.